The Hall–Kier alpha value is -1.04. The second-order valence-corrected chi connectivity index (χ2v) is 4.41. The topological polar surface area (TPSA) is 65.7 Å². The van der Waals surface area contributed by atoms with Crippen molar-refractivity contribution in [2.45, 2.75) is 19.9 Å². The lowest BCUT2D eigenvalue weighted by Crippen LogP contribution is -2.36. The summed E-state index contributed by atoms with van der Waals surface area (Å²) >= 11 is 5.91. The summed E-state index contributed by atoms with van der Waals surface area (Å²) in [5.41, 5.74) is 0.490. The summed E-state index contributed by atoms with van der Waals surface area (Å²) in [6.07, 6.45) is 2.61. The van der Waals surface area contributed by atoms with Gasteiger partial charge in [0, 0.05) is 25.8 Å². The number of aliphatic hydroxyl groups excluding tert-OH is 2. The number of amides is 1. The number of halogens is 1. The molecule has 0 aliphatic rings. The first-order valence-corrected chi connectivity index (χ1v) is 6.38. The van der Waals surface area contributed by atoms with Crippen molar-refractivity contribution < 1.29 is 15.0 Å². The number of aryl methyl sites for hydroxylation is 1. The maximum atomic E-state index is 12.3. The van der Waals surface area contributed by atoms with Gasteiger partial charge in [-0.05, 0) is 12.5 Å². The van der Waals surface area contributed by atoms with E-state index >= 15 is 0 Å². The molecule has 0 saturated heterocycles. The Labute approximate surface area is 112 Å². The van der Waals surface area contributed by atoms with Crippen molar-refractivity contribution in [2.75, 3.05) is 26.3 Å². The van der Waals surface area contributed by atoms with E-state index < -0.39 is 0 Å². The number of aliphatic hydroxyl groups is 2. The largest absolute Gasteiger partial charge is 0.395 e. The van der Waals surface area contributed by atoms with Crippen molar-refractivity contribution in [3.05, 3.63) is 23.0 Å². The molecule has 0 bridgehead atoms. The Bertz CT molecular complexity index is 387. The van der Waals surface area contributed by atoms with E-state index in [-0.39, 0.29) is 32.2 Å². The number of nitrogens with zero attached hydrogens (tertiary/aromatic N) is 2. The van der Waals surface area contributed by atoms with Crippen molar-refractivity contribution in [2.24, 2.45) is 0 Å². The van der Waals surface area contributed by atoms with Crippen molar-refractivity contribution in [3.63, 3.8) is 0 Å². The van der Waals surface area contributed by atoms with Gasteiger partial charge >= 0.3 is 0 Å². The van der Waals surface area contributed by atoms with Crippen LogP contribution in [0.1, 0.15) is 23.8 Å². The third-order valence-electron chi connectivity index (χ3n) is 2.57. The first-order chi connectivity index (χ1) is 8.63. The van der Waals surface area contributed by atoms with Crippen molar-refractivity contribution in [3.8, 4) is 0 Å². The van der Waals surface area contributed by atoms with E-state index in [4.69, 9.17) is 21.8 Å². The molecule has 1 amide bonds. The molecule has 0 radical (unpaired) electrons. The Kier molecular flexibility index (Phi) is 6.18. The predicted octanol–water partition coefficient (Wildman–Crippen LogP) is 0.978. The molecule has 0 saturated carbocycles. The quantitative estimate of drug-likeness (QED) is 0.779. The lowest BCUT2D eigenvalue weighted by Gasteiger charge is -2.21. The SMILES string of the molecule is CCCn1cc(Cl)cc1C(=O)N(CCO)CCO. The number of aromatic nitrogens is 1. The second-order valence-electron chi connectivity index (χ2n) is 3.98. The minimum Gasteiger partial charge on any atom is -0.395 e. The van der Waals surface area contributed by atoms with Crippen molar-refractivity contribution in [1.82, 2.24) is 9.47 Å². The molecule has 1 rings (SSSR count). The standard InChI is InChI=1S/C12H19ClN2O3/c1-2-3-15-9-10(13)8-11(15)12(18)14(4-6-16)5-7-17/h8-9,16-17H,2-7H2,1H3. The predicted molar refractivity (Wildman–Crippen MR) is 69.8 cm³/mol. The van der Waals surface area contributed by atoms with Gasteiger partial charge in [-0.2, -0.15) is 0 Å². The molecular formula is C12H19ClN2O3. The van der Waals surface area contributed by atoms with Gasteiger partial charge in [0.2, 0.25) is 0 Å². The molecule has 2 N–H and O–H groups in total. The minimum atomic E-state index is -0.224. The molecule has 0 spiro atoms. The van der Waals surface area contributed by atoms with Crippen LogP contribution in [0.3, 0.4) is 0 Å². The maximum Gasteiger partial charge on any atom is 0.270 e. The molecular weight excluding hydrogens is 256 g/mol. The van der Waals surface area contributed by atoms with Crippen molar-refractivity contribution >= 4 is 17.5 Å². The number of hydrogen-bond acceptors (Lipinski definition) is 3. The number of hydrogen-bond donors (Lipinski definition) is 2. The average Bonchev–Trinajstić information content (AvgIpc) is 2.70. The van der Waals surface area contributed by atoms with Gasteiger partial charge in [0.05, 0.1) is 18.2 Å². The molecule has 0 aliphatic heterocycles. The Morgan fingerprint density at radius 3 is 2.50 bits per heavy atom. The van der Waals surface area contributed by atoms with Crippen LogP contribution in [0.25, 0.3) is 0 Å². The maximum absolute atomic E-state index is 12.3. The molecule has 18 heavy (non-hydrogen) atoms. The summed E-state index contributed by atoms with van der Waals surface area (Å²) in [6.45, 7) is 2.87. The molecule has 0 fully saturated rings. The van der Waals surface area contributed by atoms with Gasteiger partial charge < -0.3 is 19.7 Å². The average molecular weight is 275 g/mol. The first-order valence-electron chi connectivity index (χ1n) is 6.00. The van der Waals surface area contributed by atoms with Crippen LogP contribution in [0, 0.1) is 0 Å². The number of carbonyl (C=O) groups is 1. The monoisotopic (exact) mass is 274 g/mol. The fourth-order valence-corrected chi connectivity index (χ4v) is 2.02. The van der Waals surface area contributed by atoms with Crippen molar-refractivity contribution in [1.29, 1.82) is 0 Å². The zero-order valence-corrected chi connectivity index (χ0v) is 11.2. The van der Waals surface area contributed by atoms with E-state index in [1.807, 2.05) is 6.92 Å². The number of rotatable bonds is 7. The van der Waals surface area contributed by atoms with Crippen LogP contribution in [0.15, 0.2) is 12.3 Å². The fourth-order valence-electron chi connectivity index (χ4n) is 1.80. The molecule has 1 aromatic heterocycles. The molecule has 1 aromatic rings. The van der Waals surface area contributed by atoms with Gasteiger partial charge in [-0.3, -0.25) is 4.79 Å². The summed E-state index contributed by atoms with van der Waals surface area (Å²) < 4.78 is 1.80. The van der Waals surface area contributed by atoms with E-state index in [1.165, 1.54) is 4.90 Å². The summed E-state index contributed by atoms with van der Waals surface area (Å²) in [5.74, 6) is -0.224. The Morgan fingerprint density at radius 1 is 1.39 bits per heavy atom. The summed E-state index contributed by atoms with van der Waals surface area (Å²) in [5, 5.41) is 18.4. The van der Waals surface area contributed by atoms with Gasteiger partial charge in [0.1, 0.15) is 5.69 Å². The molecule has 0 atom stereocenters. The molecule has 1 heterocycles. The highest BCUT2D eigenvalue weighted by atomic mass is 35.5. The second kappa shape index (κ2) is 7.41. The highest BCUT2D eigenvalue weighted by Gasteiger charge is 2.19. The normalized spacial score (nSPS) is 10.7. The highest BCUT2D eigenvalue weighted by molar-refractivity contribution is 6.31. The molecule has 0 unspecified atom stereocenters. The molecule has 0 aliphatic carbocycles. The van der Waals surface area contributed by atoms with Gasteiger partial charge in [-0.15, -0.1) is 0 Å². The zero-order valence-electron chi connectivity index (χ0n) is 10.5. The molecule has 102 valence electrons. The smallest absolute Gasteiger partial charge is 0.270 e. The van der Waals surface area contributed by atoms with Gasteiger partial charge in [-0.1, -0.05) is 18.5 Å². The van der Waals surface area contributed by atoms with Crippen LogP contribution in [0.4, 0.5) is 0 Å². The van der Waals surface area contributed by atoms with Crippen LogP contribution >= 0.6 is 11.6 Å². The van der Waals surface area contributed by atoms with Gasteiger partial charge in [0.25, 0.3) is 5.91 Å². The van der Waals surface area contributed by atoms with Crippen LogP contribution < -0.4 is 0 Å². The molecule has 0 aromatic carbocycles. The molecule has 6 heteroatoms. The van der Waals surface area contributed by atoms with Gasteiger partial charge in [0.15, 0.2) is 0 Å². The third kappa shape index (κ3) is 3.73. The van der Waals surface area contributed by atoms with E-state index in [0.717, 1.165) is 6.42 Å². The van der Waals surface area contributed by atoms with E-state index in [2.05, 4.69) is 0 Å². The van der Waals surface area contributed by atoms with Gasteiger partial charge in [-0.25, -0.2) is 0 Å². The minimum absolute atomic E-state index is 0.131. The Morgan fingerprint density at radius 2 is 2.00 bits per heavy atom. The first kappa shape index (κ1) is 15.0. The summed E-state index contributed by atoms with van der Waals surface area (Å²) in [7, 11) is 0. The van der Waals surface area contributed by atoms with Crippen LogP contribution in [0.2, 0.25) is 5.02 Å². The highest BCUT2D eigenvalue weighted by Crippen LogP contribution is 2.16. The molecule has 5 nitrogen and oxygen atoms in total. The van der Waals surface area contributed by atoms with E-state index in [1.54, 1.807) is 16.8 Å². The van der Waals surface area contributed by atoms with Crippen LogP contribution in [0.5, 0.6) is 0 Å². The van der Waals surface area contributed by atoms with Crippen LogP contribution in [-0.2, 0) is 6.54 Å². The fraction of sp³-hybridized carbons (Fsp3) is 0.583. The lowest BCUT2D eigenvalue weighted by molar-refractivity contribution is 0.0674. The van der Waals surface area contributed by atoms with E-state index in [9.17, 15) is 4.79 Å². The zero-order chi connectivity index (χ0) is 13.5. The summed E-state index contributed by atoms with van der Waals surface area (Å²) in [4.78, 5) is 13.7. The lowest BCUT2D eigenvalue weighted by atomic mass is 10.3. The Balaban J connectivity index is 2.92. The van der Waals surface area contributed by atoms with E-state index in [0.29, 0.717) is 17.3 Å². The summed E-state index contributed by atoms with van der Waals surface area (Å²) in [6, 6.07) is 1.61. The third-order valence-corrected chi connectivity index (χ3v) is 2.78. The van der Waals surface area contributed by atoms with Crippen LogP contribution in [-0.4, -0.2) is 51.9 Å². The number of carbonyl (C=O) groups excluding carboxylic acids is 1.